The average Bonchev–Trinajstić information content (AvgIpc) is 3.15. The first-order valence-corrected chi connectivity index (χ1v) is 9.83. The molecule has 2 aromatic carbocycles. The number of hydrogen-bond donors (Lipinski definition) is 4. The average molecular weight is 401 g/mol. The van der Waals surface area contributed by atoms with Crippen LogP contribution in [0.5, 0.6) is 0 Å². The Hall–Kier alpha value is -3.94. The Bertz CT molecular complexity index is 1370. The summed E-state index contributed by atoms with van der Waals surface area (Å²) in [5, 5.41) is 7.96. The van der Waals surface area contributed by atoms with Gasteiger partial charge < -0.3 is 4.98 Å². The lowest BCUT2D eigenvalue weighted by molar-refractivity contribution is 0.0844. The molecule has 4 N–H and O–H groups in total. The number of rotatable bonds is 2. The van der Waals surface area contributed by atoms with Crippen LogP contribution in [-0.2, 0) is 12.8 Å². The maximum atomic E-state index is 12.6. The molecule has 0 bridgehead atoms. The normalized spacial score (nSPS) is 13.2. The van der Waals surface area contributed by atoms with E-state index in [-0.39, 0.29) is 11.3 Å². The van der Waals surface area contributed by atoms with E-state index in [0.717, 1.165) is 30.2 Å². The Labute approximate surface area is 170 Å². The van der Waals surface area contributed by atoms with Crippen LogP contribution < -0.4 is 16.4 Å². The van der Waals surface area contributed by atoms with Crippen LogP contribution in [-0.4, -0.2) is 27.0 Å². The molecule has 8 nitrogen and oxygen atoms in total. The molecule has 0 spiro atoms. The monoisotopic (exact) mass is 401 g/mol. The fraction of sp³-hybridized carbons (Fsp3) is 0.182. The van der Waals surface area contributed by atoms with Crippen molar-refractivity contribution >= 4 is 33.5 Å². The topological polar surface area (TPSA) is 120 Å². The summed E-state index contributed by atoms with van der Waals surface area (Å²) in [6.45, 7) is 0. The summed E-state index contributed by atoms with van der Waals surface area (Å²) in [6.07, 6.45) is 4.35. The number of hydrazine groups is 1. The molecule has 2 aromatic heterocycles. The fourth-order valence-electron chi connectivity index (χ4n) is 4.08. The van der Waals surface area contributed by atoms with Gasteiger partial charge in [-0.3, -0.25) is 25.2 Å². The van der Waals surface area contributed by atoms with E-state index in [1.54, 1.807) is 30.3 Å². The Morgan fingerprint density at radius 3 is 2.53 bits per heavy atom. The lowest BCUT2D eigenvalue weighted by Crippen LogP contribution is -2.42. The molecular formula is C22H19N5O3. The van der Waals surface area contributed by atoms with Crippen LogP contribution in [0.15, 0.2) is 47.3 Å². The van der Waals surface area contributed by atoms with Crippen molar-refractivity contribution in [3.05, 3.63) is 75.3 Å². The number of aryl methyl sites for hydroxylation is 2. The van der Waals surface area contributed by atoms with Gasteiger partial charge in [0.1, 0.15) is 0 Å². The number of aromatic nitrogens is 3. The van der Waals surface area contributed by atoms with Crippen molar-refractivity contribution in [2.24, 2.45) is 0 Å². The molecule has 1 aliphatic rings. The highest BCUT2D eigenvalue weighted by atomic mass is 16.2. The Morgan fingerprint density at radius 1 is 0.900 bits per heavy atom. The molecule has 0 fully saturated rings. The number of nitrogens with zero attached hydrogens (tertiary/aromatic N) is 1. The van der Waals surface area contributed by atoms with E-state index in [0.29, 0.717) is 16.3 Å². The molecular weight excluding hydrogens is 382 g/mol. The van der Waals surface area contributed by atoms with Crippen molar-refractivity contribution in [1.29, 1.82) is 0 Å². The minimum atomic E-state index is -0.615. The largest absolute Gasteiger partial charge is 0.358 e. The molecule has 0 saturated heterocycles. The van der Waals surface area contributed by atoms with E-state index in [9.17, 15) is 14.4 Å². The van der Waals surface area contributed by atoms with Gasteiger partial charge in [-0.2, -0.15) is 5.10 Å². The minimum Gasteiger partial charge on any atom is -0.358 e. The van der Waals surface area contributed by atoms with Crippen LogP contribution in [0.3, 0.4) is 0 Å². The van der Waals surface area contributed by atoms with Gasteiger partial charge in [-0.1, -0.05) is 18.2 Å². The lowest BCUT2D eigenvalue weighted by atomic mass is 9.95. The molecule has 0 radical (unpaired) electrons. The molecule has 5 rings (SSSR count). The van der Waals surface area contributed by atoms with E-state index >= 15 is 0 Å². The van der Waals surface area contributed by atoms with Crippen LogP contribution in [0.1, 0.15) is 44.9 Å². The Morgan fingerprint density at radius 2 is 1.67 bits per heavy atom. The zero-order valence-corrected chi connectivity index (χ0v) is 16.0. The standard InChI is InChI=1S/C22H19N5O3/c28-20(12-9-10-18-16(11-12)13-5-3-4-8-17(13)23-18)25-27-22(30)19-14-6-1-2-7-15(14)21(29)26-24-19/h1-2,6-7,9-11,23H,3-5,8H2,(H,25,28)(H,26,29)(H,27,30). The van der Waals surface area contributed by atoms with Crippen LogP contribution in [0, 0.1) is 0 Å². The second-order valence-corrected chi connectivity index (χ2v) is 7.40. The van der Waals surface area contributed by atoms with Gasteiger partial charge in [-0.25, -0.2) is 5.10 Å². The first-order chi connectivity index (χ1) is 14.6. The van der Waals surface area contributed by atoms with Crippen molar-refractivity contribution in [3.8, 4) is 0 Å². The van der Waals surface area contributed by atoms with Gasteiger partial charge in [0.15, 0.2) is 5.69 Å². The maximum Gasteiger partial charge on any atom is 0.290 e. The summed E-state index contributed by atoms with van der Waals surface area (Å²) >= 11 is 0. The van der Waals surface area contributed by atoms with E-state index in [1.807, 2.05) is 12.1 Å². The number of aromatic amines is 2. The van der Waals surface area contributed by atoms with Crippen molar-refractivity contribution < 1.29 is 9.59 Å². The molecule has 4 aromatic rings. The molecule has 0 saturated carbocycles. The molecule has 0 atom stereocenters. The van der Waals surface area contributed by atoms with Gasteiger partial charge in [-0.05, 0) is 55.5 Å². The van der Waals surface area contributed by atoms with Crippen LogP contribution in [0.2, 0.25) is 0 Å². The first kappa shape index (κ1) is 18.1. The zero-order valence-electron chi connectivity index (χ0n) is 16.0. The van der Waals surface area contributed by atoms with Crippen molar-refractivity contribution in [2.75, 3.05) is 0 Å². The first-order valence-electron chi connectivity index (χ1n) is 9.83. The van der Waals surface area contributed by atoms with E-state index in [4.69, 9.17) is 0 Å². The molecule has 2 amide bonds. The smallest absolute Gasteiger partial charge is 0.290 e. The number of nitrogens with one attached hydrogen (secondary N) is 4. The number of hydrogen-bond acceptors (Lipinski definition) is 4. The van der Waals surface area contributed by atoms with Gasteiger partial charge in [-0.15, -0.1) is 0 Å². The van der Waals surface area contributed by atoms with Crippen LogP contribution in [0.25, 0.3) is 21.7 Å². The molecule has 150 valence electrons. The van der Waals surface area contributed by atoms with E-state index in [1.165, 1.54) is 17.7 Å². The predicted molar refractivity (Wildman–Crippen MR) is 112 cm³/mol. The maximum absolute atomic E-state index is 12.6. The van der Waals surface area contributed by atoms with Gasteiger partial charge in [0.25, 0.3) is 17.4 Å². The van der Waals surface area contributed by atoms with Crippen LogP contribution >= 0.6 is 0 Å². The summed E-state index contributed by atoms with van der Waals surface area (Å²) in [5.74, 6) is -1.04. The third-order valence-corrected chi connectivity index (χ3v) is 5.56. The molecule has 0 unspecified atom stereocenters. The molecule has 8 heteroatoms. The quantitative estimate of drug-likeness (QED) is 0.385. The molecule has 1 aliphatic carbocycles. The highest BCUT2D eigenvalue weighted by Crippen LogP contribution is 2.29. The SMILES string of the molecule is O=C(NNC(=O)c1n[nH]c(=O)c2ccccc12)c1ccc2[nH]c3c(c2c1)CCCC3. The number of benzene rings is 2. The second kappa shape index (κ2) is 7.14. The van der Waals surface area contributed by atoms with Gasteiger partial charge in [0.2, 0.25) is 0 Å². The van der Waals surface area contributed by atoms with Gasteiger partial charge in [0, 0.05) is 27.5 Å². The zero-order chi connectivity index (χ0) is 20.7. The summed E-state index contributed by atoms with van der Waals surface area (Å²) in [5.41, 5.74) is 8.46. The molecule has 30 heavy (non-hydrogen) atoms. The third-order valence-electron chi connectivity index (χ3n) is 5.56. The molecule has 0 aliphatic heterocycles. The predicted octanol–water partition coefficient (Wildman–Crippen LogP) is 2.36. The second-order valence-electron chi connectivity index (χ2n) is 7.40. The van der Waals surface area contributed by atoms with E-state index < -0.39 is 11.8 Å². The fourth-order valence-corrected chi connectivity index (χ4v) is 4.08. The van der Waals surface area contributed by atoms with Crippen molar-refractivity contribution in [2.45, 2.75) is 25.7 Å². The summed E-state index contributed by atoms with van der Waals surface area (Å²) in [6, 6.07) is 12.1. The number of amides is 2. The number of fused-ring (bicyclic) bond motifs is 4. The number of H-pyrrole nitrogens is 2. The minimum absolute atomic E-state index is 0.0284. The van der Waals surface area contributed by atoms with E-state index in [2.05, 4.69) is 26.0 Å². The van der Waals surface area contributed by atoms with Gasteiger partial charge >= 0.3 is 0 Å². The summed E-state index contributed by atoms with van der Waals surface area (Å²) < 4.78 is 0. The Balaban J connectivity index is 1.37. The van der Waals surface area contributed by atoms with Crippen LogP contribution in [0.4, 0.5) is 0 Å². The summed E-state index contributed by atoms with van der Waals surface area (Å²) in [4.78, 5) is 40.5. The molecule has 2 heterocycles. The number of carbonyl (C=O) groups excluding carboxylic acids is 2. The Kier molecular flexibility index (Phi) is 4.31. The summed E-state index contributed by atoms with van der Waals surface area (Å²) in [7, 11) is 0. The highest BCUT2D eigenvalue weighted by Gasteiger charge is 2.18. The van der Waals surface area contributed by atoms with Crippen molar-refractivity contribution in [1.82, 2.24) is 26.0 Å². The lowest BCUT2D eigenvalue weighted by Gasteiger charge is -2.11. The highest BCUT2D eigenvalue weighted by molar-refractivity contribution is 6.06. The number of carbonyl (C=O) groups is 2. The van der Waals surface area contributed by atoms with Crippen molar-refractivity contribution in [3.63, 3.8) is 0 Å². The van der Waals surface area contributed by atoms with Gasteiger partial charge in [0.05, 0.1) is 5.39 Å². The third kappa shape index (κ3) is 3.02.